The van der Waals surface area contributed by atoms with Crippen molar-refractivity contribution in [3.63, 3.8) is 0 Å². The molecule has 0 aliphatic carbocycles. The molecule has 72 valence electrons. The van der Waals surface area contributed by atoms with Gasteiger partial charge < -0.3 is 4.98 Å². The Morgan fingerprint density at radius 1 is 1.36 bits per heavy atom. The van der Waals surface area contributed by atoms with Gasteiger partial charge in [0, 0.05) is 17.8 Å². The normalized spacial score (nSPS) is 8.57. The lowest BCUT2D eigenvalue weighted by atomic mass is 10.5. The van der Waals surface area contributed by atoms with Crippen molar-refractivity contribution in [1.29, 1.82) is 0 Å². The smallest absolute Gasteiger partial charge is 0.178 e. The second-order valence-corrected chi connectivity index (χ2v) is 3.16. The van der Waals surface area contributed by atoms with E-state index in [0.717, 1.165) is 12.6 Å². The van der Waals surface area contributed by atoms with Gasteiger partial charge in [-0.2, -0.15) is 0 Å². The highest BCUT2D eigenvalue weighted by molar-refractivity contribution is 7.11. The first-order valence-electron chi connectivity index (χ1n) is 3.80. The van der Waals surface area contributed by atoms with Gasteiger partial charge in [-0.3, -0.25) is 9.59 Å². The van der Waals surface area contributed by atoms with E-state index in [1.165, 1.54) is 11.3 Å². The number of nitrogens with zero attached hydrogens (tertiary/aromatic N) is 1. The van der Waals surface area contributed by atoms with E-state index in [-0.39, 0.29) is 0 Å². The summed E-state index contributed by atoms with van der Waals surface area (Å²) in [7, 11) is 0. The van der Waals surface area contributed by atoms with E-state index in [1.54, 1.807) is 29.9 Å². The van der Waals surface area contributed by atoms with Crippen LogP contribution in [0.2, 0.25) is 0 Å². The van der Waals surface area contributed by atoms with E-state index in [0.29, 0.717) is 10.7 Å². The molecule has 0 fully saturated rings. The van der Waals surface area contributed by atoms with Gasteiger partial charge in [0.1, 0.15) is 0 Å². The highest BCUT2D eigenvalue weighted by atomic mass is 32.1. The molecule has 5 heteroatoms. The van der Waals surface area contributed by atoms with Crippen LogP contribution in [-0.4, -0.2) is 22.5 Å². The minimum Gasteiger partial charge on any atom is -0.359 e. The second-order valence-electron chi connectivity index (χ2n) is 2.23. The third-order valence-electron chi connectivity index (χ3n) is 1.30. The summed E-state index contributed by atoms with van der Waals surface area (Å²) in [5, 5.41) is 2.31. The van der Waals surface area contributed by atoms with Crippen LogP contribution in [0.15, 0.2) is 29.9 Å². The molecule has 0 bridgehead atoms. The van der Waals surface area contributed by atoms with Crippen LogP contribution in [0, 0.1) is 0 Å². The highest BCUT2D eigenvalue weighted by Crippen LogP contribution is 1.97. The fourth-order valence-corrected chi connectivity index (χ4v) is 1.15. The molecule has 2 aromatic heterocycles. The van der Waals surface area contributed by atoms with E-state index in [1.807, 2.05) is 0 Å². The molecule has 2 rings (SSSR count). The van der Waals surface area contributed by atoms with Gasteiger partial charge in [0.05, 0.1) is 5.69 Å². The first-order chi connectivity index (χ1) is 6.86. The lowest BCUT2D eigenvalue weighted by molar-refractivity contribution is 0.111. The molecule has 1 N–H and O–H groups in total. The molecule has 0 spiro atoms. The number of rotatable bonds is 2. The van der Waals surface area contributed by atoms with Crippen LogP contribution < -0.4 is 0 Å². The number of thiazole rings is 1. The fraction of sp³-hybridized carbons (Fsp3) is 0. The fourth-order valence-electron chi connectivity index (χ4n) is 0.710. The molecule has 0 saturated carbocycles. The summed E-state index contributed by atoms with van der Waals surface area (Å²) in [5.74, 6) is 0. The van der Waals surface area contributed by atoms with E-state index < -0.39 is 0 Å². The van der Waals surface area contributed by atoms with E-state index in [2.05, 4.69) is 9.97 Å². The van der Waals surface area contributed by atoms with Gasteiger partial charge in [-0.25, -0.2) is 4.98 Å². The van der Waals surface area contributed by atoms with Crippen LogP contribution >= 0.6 is 11.3 Å². The Labute approximate surface area is 84.6 Å². The molecule has 2 aromatic rings. The quantitative estimate of drug-likeness (QED) is 0.765. The third kappa shape index (κ3) is 3.32. The van der Waals surface area contributed by atoms with Crippen LogP contribution in [0.1, 0.15) is 20.3 Å². The lowest BCUT2D eigenvalue weighted by Crippen LogP contribution is -1.72. The van der Waals surface area contributed by atoms with Crippen molar-refractivity contribution >= 4 is 23.9 Å². The van der Waals surface area contributed by atoms with Crippen LogP contribution in [0.25, 0.3) is 0 Å². The summed E-state index contributed by atoms with van der Waals surface area (Å²) in [4.78, 5) is 26.1. The van der Waals surface area contributed by atoms with Crippen molar-refractivity contribution in [3.05, 3.63) is 40.6 Å². The number of hydrogen-bond acceptors (Lipinski definition) is 4. The zero-order chi connectivity index (χ0) is 10.2. The average Bonchev–Trinajstić information content (AvgIpc) is 2.92. The number of aromatic amines is 1. The molecule has 2 heterocycles. The Balaban J connectivity index is 0.000000140. The molecule has 0 unspecified atom stereocenters. The number of aromatic nitrogens is 2. The van der Waals surface area contributed by atoms with Crippen LogP contribution in [0.3, 0.4) is 0 Å². The number of H-pyrrole nitrogens is 1. The van der Waals surface area contributed by atoms with E-state index in [4.69, 9.17) is 0 Å². The molecule has 0 amide bonds. The van der Waals surface area contributed by atoms with Gasteiger partial charge in [-0.05, 0) is 12.1 Å². The number of nitrogens with one attached hydrogen (secondary N) is 1. The van der Waals surface area contributed by atoms with Crippen molar-refractivity contribution in [2.24, 2.45) is 0 Å². The molecule has 0 aromatic carbocycles. The molecule has 4 nitrogen and oxygen atoms in total. The first-order valence-corrected chi connectivity index (χ1v) is 4.68. The molecular formula is C9H8N2O2S. The predicted octanol–water partition coefficient (Wildman–Crippen LogP) is 1.78. The minimum absolute atomic E-state index is 0.542. The lowest BCUT2D eigenvalue weighted by Gasteiger charge is -1.70. The van der Waals surface area contributed by atoms with Crippen molar-refractivity contribution in [2.45, 2.75) is 0 Å². The molecular weight excluding hydrogens is 200 g/mol. The number of hydrogen-bond donors (Lipinski definition) is 1. The number of carbonyl (C=O) groups excluding carboxylic acids is 2. The predicted molar refractivity (Wildman–Crippen MR) is 53.7 cm³/mol. The topological polar surface area (TPSA) is 62.8 Å². The zero-order valence-electron chi connectivity index (χ0n) is 7.21. The van der Waals surface area contributed by atoms with Crippen LogP contribution in [0.5, 0.6) is 0 Å². The SMILES string of the molecule is O=Cc1ccc[nH]1.O=Cc1nccs1. The largest absolute Gasteiger partial charge is 0.359 e. The van der Waals surface area contributed by atoms with Crippen molar-refractivity contribution in [2.75, 3.05) is 0 Å². The molecule has 0 aliphatic heterocycles. The van der Waals surface area contributed by atoms with Gasteiger partial charge in [0.25, 0.3) is 0 Å². The van der Waals surface area contributed by atoms with E-state index in [9.17, 15) is 9.59 Å². The Bertz CT molecular complexity index is 329. The van der Waals surface area contributed by atoms with Gasteiger partial charge in [-0.15, -0.1) is 11.3 Å². The van der Waals surface area contributed by atoms with Crippen molar-refractivity contribution < 1.29 is 9.59 Å². The number of carbonyl (C=O) groups is 2. The second kappa shape index (κ2) is 5.82. The van der Waals surface area contributed by atoms with Gasteiger partial charge >= 0.3 is 0 Å². The Morgan fingerprint density at radius 3 is 2.50 bits per heavy atom. The summed E-state index contributed by atoms with van der Waals surface area (Å²) in [6.07, 6.45) is 4.84. The summed E-state index contributed by atoms with van der Waals surface area (Å²) in [6, 6.07) is 3.50. The van der Waals surface area contributed by atoms with Crippen molar-refractivity contribution in [3.8, 4) is 0 Å². The highest BCUT2D eigenvalue weighted by Gasteiger charge is 1.84. The maximum absolute atomic E-state index is 9.84. The Morgan fingerprint density at radius 2 is 2.21 bits per heavy atom. The molecule has 0 aliphatic rings. The Hall–Kier alpha value is -1.75. The molecule has 14 heavy (non-hydrogen) atoms. The summed E-state index contributed by atoms with van der Waals surface area (Å²) in [5.41, 5.74) is 0.625. The van der Waals surface area contributed by atoms with E-state index >= 15 is 0 Å². The monoisotopic (exact) mass is 208 g/mol. The molecule has 0 saturated heterocycles. The summed E-state index contributed by atoms with van der Waals surface area (Å²) >= 11 is 1.34. The summed E-state index contributed by atoms with van der Waals surface area (Å²) < 4.78 is 0. The Kier molecular flexibility index (Phi) is 4.30. The van der Waals surface area contributed by atoms with Gasteiger partial charge in [0.2, 0.25) is 0 Å². The van der Waals surface area contributed by atoms with Crippen molar-refractivity contribution in [1.82, 2.24) is 9.97 Å². The van der Waals surface area contributed by atoms with Crippen LogP contribution in [-0.2, 0) is 0 Å². The average molecular weight is 208 g/mol. The maximum Gasteiger partial charge on any atom is 0.178 e. The minimum atomic E-state index is 0.542. The van der Waals surface area contributed by atoms with Gasteiger partial charge in [-0.1, -0.05) is 0 Å². The maximum atomic E-state index is 9.84. The molecule has 0 atom stereocenters. The zero-order valence-corrected chi connectivity index (χ0v) is 8.03. The number of aldehydes is 2. The van der Waals surface area contributed by atoms with Gasteiger partial charge in [0.15, 0.2) is 17.6 Å². The summed E-state index contributed by atoms with van der Waals surface area (Å²) in [6.45, 7) is 0. The standard InChI is InChI=1S/C5H5NO.C4H3NOS/c7-4-5-2-1-3-6-5;6-3-4-5-1-2-7-4/h1-4,6H;1-3H. The van der Waals surface area contributed by atoms with Crippen LogP contribution in [0.4, 0.5) is 0 Å². The third-order valence-corrected chi connectivity index (χ3v) is 2.00. The molecule has 0 radical (unpaired) electrons. The first kappa shape index (κ1) is 10.3.